The standard InChI is InChI=1S/C27H30FN7O2S/c1-17-5-6-18(2)21(15-17)29-26(38)34-13-11-33(12-14-34)25-30-23-22(24(36)32(4)27(37)31(23)3)35(25)16-19-7-9-20(28)10-8-19/h5-10,15H,11-14,16H2,1-4H3,(H,29,38). The van der Waals surface area contributed by atoms with Gasteiger partial charge in [-0.1, -0.05) is 24.3 Å². The maximum atomic E-state index is 13.5. The van der Waals surface area contributed by atoms with Crippen molar-refractivity contribution in [1.29, 1.82) is 0 Å². The molecule has 198 valence electrons. The number of thiocarbonyl (C=S) groups is 1. The number of rotatable bonds is 4. The van der Waals surface area contributed by atoms with Crippen LogP contribution in [0.4, 0.5) is 16.0 Å². The van der Waals surface area contributed by atoms with Gasteiger partial charge in [-0.2, -0.15) is 4.98 Å². The Morgan fingerprint density at radius 3 is 2.37 bits per heavy atom. The summed E-state index contributed by atoms with van der Waals surface area (Å²) in [5.41, 5.74) is 3.91. The number of halogens is 1. The number of aryl methyl sites for hydroxylation is 3. The molecule has 9 nitrogen and oxygen atoms in total. The van der Waals surface area contributed by atoms with E-state index in [2.05, 4.69) is 33.3 Å². The highest BCUT2D eigenvalue weighted by Crippen LogP contribution is 2.23. The highest BCUT2D eigenvalue weighted by atomic mass is 32.1. The summed E-state index contributed by atoms with van der Waals surface area (Å²) in [6.07, 6.45) is 0. The van der Waals surface area contributed by atoms with Gasteiger partial charge >= 0.3 is 5.69 Å². The lowest BCUT2D eigenvalue weighted by Crippen LogP contribution is -2.50. The zero-order valence-electron chi connectivity index (χ0n) is 21.9. The Morgan fingerprint density at radius 1 is 1.00 bits per heavy atom. The Morgan fingerprint density at radius 2 is 1.68 bits per heavy atom. The maximum absolute atomic E-state index is 13.5. The van der Waals surface area contributed by atoms with Crippen molar-refractivity contribution in [1.82, 2.24) is 23.6 Å². The molecule has 0 aliphatic carbocycles. The van der Waals surface area contributed by atoms with Gasteiger partial charge in [0.25, 0.3) is 5.56 Å². The molecule has 1 saturated heterocycles. The van der Waals surface area contributed by atoms with Gasteiger partial charge in [0.15, 0.2) is 16.3 Å². The predicted octanol–water partition coefficient (Wildman–Crippen LogP) is 2.76. The predicted molar refractivity (Wildman–Crippen MR) is 152 cm³/mol. The molecule has 11 heteroatoms. The van der Waals surface area contributed by atoms with E-state index < -0.39 is 11.2 Å². The molecule has 0 saturated carbocycles. The van der Waals surface area contributed by atoms with E-state index in [-0.39, 0.29) is 5.82 Å². The van der Waals surface area contributed by atoms with Gasteiger partial charge in [-0.05, 0) is 61.0 Å². The Labute approximate surface area is 224 Å². The summed E-state index contributed by atoms with van der Waals surface area (Å²) in [4.78, 5) is 34.8. The van der Waals surface area contributed by atoms with Crippen LogP contribution in [-0.4, -0.2) is 54.9 Å². The van der Waals surface area contributed by atoms with Crippen molar-refractivity contribution in [3.8, 4) is 0 Å². The van der Waals surface area contributed by atoms with Crippen LogP contribution in [0, 0.1) is 19.7 Å². The second kappa shape index (κ2) is 10.1. The lowest BCUT2D eigenvalue weighted by molar-refractivity contribution is 0.386. The first kappa shape index (κ1) is 25.7. The minimum absolute atomic E-state index is 0.312. The second-order valence-corrected chi connectivity index (χ2v) is 10.1. The van der Waals surface area contributed by atoms with Crippen molar-refractivity contribution in [2.24, 2.45) is 14.1 Å². The number of fused-ring (bicyclic) bond motifs is 1. The zero-order chi connectivity index (χ0) is 27.1. The minimum atomic E-state index is -0.437. The smallest absolute Gasteiger partial charge is 0.332 e. The van der Waals surface area contributed by atoms with E-state index in [0.29, 0.717) is 54.9 Å². The van der Waals surface area contributed by atoms with E-state index in [1.165, 1.54) is 23.7 Å². The maximum Gasteiger partial charge on any atom is 0.332 e. The normalized spacial score (nSPS) is 13.8. The van der Waals surface area contributed by atoms with Crippen molar-refractivity contribution >= 4 is 40.1 Å². The number of hydrogen-bond donors (Lipinski definition) is 1. The van der Waals surface area contributed by atoms with Crippen LogP contribution >= 0.6 is 12.2 Å². The molecule has 1 aliphatic rings. The number of hydrogen-bond acceptors (Lipinski definition) is 5. The molecule has 1 N–H and O–H groups in total. The van der Waals surface area contributed by atoms with E-state index >= 15 is 0 Å². The number of anilines is 2. The summed E-state index contributed by atoms with van der Waals surface area (Å²) < 4.78 is 17.8. The quantitative estimate of drug-likeness (QED) is 0.403. The van der Waals surface area contributed by atoms with Crippen LogP contribution in [0.2, 0.25) is 0 Å². The van der Waals surface area contributed by atoms with Crippen LogP contribution in [0.3, 0.4) is 0 Å². The number of nitrogens with one attached hydrogen (secondary N) is 1. The lowest BCUT2D eigenvalue weighted by atomic mass is 10.1. The monoisotopic (exact) mass is 535 g/mol. The molecule has 0 bridgehead atoms. The van der Waals surface area contributed by atoms with Gasteiger partial charge in [0.2, 0.25) is 5.95 Å². The Kier molecular flexibility index (Phi) is 6.78. The first-order valence-electron chi connectivity index (χ1n) is 12.4. The molecule has 5 rings (SSSR count). The average Bonchev–Trinajstić information content (AvgIpc) is 3.29. The van der Waals surface area contributed by atoms with E-state index in [0.717, 1.165) is 26.9 Å². The van der Waals surface area contributed by atoms with Crippen LogP contribution in [-0.2, 0) is 20.6 Å². The third kappa shape index (κ3) is 4.69. The molecule has 2 aromatic heterocycles. The summed E-state index contributed by atoms with van der Waals surface area (Å²) in [5, 5.41) is 4.04. The number of nitrogens with zero attached hydrogens (tertiary/aromatic N) is 6. The molecular weight excluding hydrogens is 505 g/mol. The molecule has 1 fully saturated rings. The lowest BCUT2D eigenvalue weighted by Gasteiger charge is -2.37. The van der Waals surface area contributed by atoms with Crippen LogP contribution in [0.1, 0.15) is 16.7 Å². The van der Waals surface area contributed by atoms with Gasteiger partial charge < -0.3 is 15.1 Å². The summed E-state index contributed by atoms with van der Waals surface area (Å²) in [6, 6.07) is 12.4. The van der Waals surface area contributed by atoms with E-state index in [1.807, 2.05) is 18.4 Å². The third-order valence-corrected chi connectivity index (χ3v) is 7.43. The number of imidazole rings is 1. The van der Waals surface area contributed by atoms with Gasteiger partial charge in [0.05, 0.1) is 6.54 Å². The SMILES string of the molecule is Cc1ccc(C)c(NC(=S)N2CCN(c3nc4c(c(=O)n(C)c(=O)n4C)n3Cc3ccc(F)cc3)CC2)c1. The van der Waals surface area contributed by atoms with Crippen molar-refractivity contribution in [3.05, 3.63) is 85.8 Å². The largest absolute Gasteiger partial charge is 0.345 e. The van der Waals surface area contributed by atoms with Crippen molar-refractivity contribution < 1.29 is 4.39 Å². The third-order valence-electron chi connectivity index (χ3n) is 7.07. The van der Waals surface area contributed by atoms with E-state index in [4.69, 9.17) is 17.2 Å². The number of benzene rings is 2. The van der Waals surface area contributed by atoms with Crippen LogP contribution in [0.15, 0.2) is 52.1 Å². The average molecular weight is 536 g/mol. The van der Waals surface area contributed by atoms with Crippen molar-refractivity contribution in [3.63, 3.8) is 0 Å². The highest BCUT2D eigenvalue weighted by Gasteiger charge is 2.26. The zero-order valence-corrected chi connectivity index (χ0v) is 22.7. The fraction of sp³-hybridized carbons (Fsp3) is 0.333. The molecule has 4 aromatic rings. The number of piperazine rings is 1. The Bertz CT molecular complexity index is 1650. The molecule has 0 spiro atoms. The van der Waals surface area contributed by atoms with Gasteiger partial charge in [0.1, 0.15) is 5.82 Å². The topological polar surface area (TPSA) is 80.3 Å². The summed E-state index contributed by atoms with van der Waals surface area (Å²) in [6.45, 7) is 6.97. The summed E-state index contributed by atoms with van der Waals surface area (Å²) >= 11 is 5.72. The molecule has 0 radical (unpaired) electrons. The molecule has 2 aromatic carbocycles. The molecule has 3 heterocycles. The molecule has 1 aliphatic heterocycles. The van der Waals surface area contributed by atoms with Crippen LogP contribution < -0.4 is 21.5 Å². The van der Waals surface area contributed by atoms with Crippen molar-refractivity contribution in [2.75, 3.05) is 36.4 Å². The van der Waals surface area contributed by atoms with Crippen LogP contribution in [0.25, 0.3) is 11.2 Å². The molecule has 0 atom stereocenters. The molecular formula is C27H30FN7O2S. The van der Waals surface area contributed by atoms with Gasteiger partial charge in [-0.15, -0.1) is 0 Å². The minimum Gasteiger partial charge on any atom is -0.345 e. The fourth-order valence-corrected chi connectivity index (χ4v) is 5.07. The second-order valence-electron chi connectivity index (χ2n) is 9.73. The summed E-state index contributed by atoms with van der Waals surface area (Å²) in [7, 11) is 3.07. The van der Waals surface area contributed by atoms with Gasteiger partial charge in [0, 0.05) is 46.0 Å². The van der Waals surface area contributed by atoms with Crippen LogP contribution in [0.5, 0.6) is 0 Å². The molecule has 38 heavy (non-hydrogen) atoms. The van der Waals surface area contributed by atoms with Gasteiger partial charge in [-0.25, -0.2) is 9.18 Å². The molecule has 0 unspecified atom stereocenters. The Balaban J connectivity index is 1.44. The van der Waals surface area contributed by atoms with Gasteiger partial charge in [-0.3, -0.25) is 18.5 Å². The molecule has 0 amide bonds. The number of aromatic nitrogens is 4. The first-order chi connectivity index (χ1) is 18.1. The van der Waals surface area contributed by atoms with E-state index in [9.17, 15) is 14.0 Å². The Hall–Kier alpha value is -3.99. The highest BCUT2D eigenvalue weighted by molar-refractivity contribution is 7.80. The summed E-state index contributed by atoms with van der Waals surface area (Å²) in [5.74, 6) is 0.264. The van der Waals surface area contributed by atoms with Crippen molar-refractivity contribution in [2.45, 2.75) is 20.4 Å². The first-order valence-corrected chi connectivity index (χ1v) is 12.8. The van der Waals surface area contributed by atoms with E-state index in [1.54, 1.807) is 19.2 Å². The fourth-order valence-electron chi connectivity index (χ4n) is 4.77.